The van der Waals surface area contributed by atoms with Crippen molar-refractivity contribution in [2.45, 2.75) is 18.9 Å². The summed E-state index contributed by atoms with van der Waals surface area (Å²) in [4.78, 5) is 4.18. The van der Waals surface area contributed by atoms with Crippen molar-refractivity contribution in [3.8, 4) is 0 Å². The van der Waals surface area contributed by atoms with Crippen LogP contribution in [0.4, 0.5) is 5.82 Å². The standard InChI is InChI=1S/C12H19N5O2S/c1-9(2)8-16(3)20(18,19)12-11(15-13)14-10-6-4-5-7-17(10)12/h4-7,9,15H,8,13H2,1-3H3. The minimum atomic E-state index is -3.67. The maximum Gasteiger partial charge on any atom is 0.262 e. The lowest BCUT2D eigenvalue weighted by Crippen LogP contribution is -2.32. The summed E-state index contributed by atoms with van der Waals surface area (Å²) in [6, 6.07) is 5.26. The number of fused-ring (bicyclic) bond motifs is 1. The first kappa shape index (κ1) is 14.8. The first-order valence-electron chi connectivity index (χ1n) is 6.28. The van der Waals surface area contributed by atoms with E-state index in [0.717, 1.165) is 0 Å². The highest BCUT2D eigenvalue weighted by molar-refractivity contribution is 7.89. The second kappa shape index (κ2) is 5.39. The van der Waals surface area contributed by atoms with Crippen molar-refractivity contribution in [2.75, 3.05) is 19.0 Å². The molecule has 0 radical (unpaired) electrons. The lowest BCUT2D eigenvalue weighted by Gasteiger charge is -2.19. The molecule has 0 amide bonds. The van der Waals surface area contributed by atoms with Crippen molar-refractivity contribution in [3.05, 3.63) is 24.4 Å². The zero-order valence-electron chi connectivity index (χ0n) is 11.7. The van der Waals surface area contributed by atoms with E-state index < -0.39 is 10.0 Å². The van der Waals surface area contributed by atoms with Crippen LogP contribution in [-0.2, 0) is 10.0 Å². The number of nitrogen functional groups attached to an aromatic ring is 1. The molecule has 0 bridgehead atoms. The van der Waals surface area contributed by atoms with E-state index in [-0.39, 0.29) is 16.8 Å². The summed E-state index contributed by atoms with van der Waals surface area (Å²) in [6.45, 7) is 4.34. The van der Waals surface area contributed by atoms with Crippen LogP contribution in [0.5, 0.6) is 0 Å². The minimum Gasteiger partial charge on any atom is -0.306 e. The van der Waals surface area contributed by atoms with Gasteiger partial charge in [0.25, 0.3) is 10.0 Å². The highest BCUT2D eigenvalue weighted by Crippen LogP contribution is 2.25. The number of hydrogen-bond donors (Lipinski definition) is 2. The predicted octanol–water partition coefficient (Wildman–Crippen LogP) is 0.896. The third-order valence-electron chi connectivity index (χ3n) is 2.90. The average Bonchev–Trinajstić information content (AvgIpc) is 2.76. The van der Waals surface area contributed by atoms with Crippen LogP contribution in [0.25, 0.3) is 5.65 Å². The zero-order valence-corrected chi connectivity index (χ0v) is 12.6. The van der Waals surface area contributed by atoms with Crippen LogP contribution in [0.2, 0.25) is 0 Å². The van der Waals surface area contributed by atoms with E-state index in [0.29, 0.717) is 12.2 Å². The molecule has 20 heavy (non-hydrogen) atoms. The van der Waals surface area contributed by atoms with Gasteiger partial charge < -0.3 is 5.43 Å². The monoisotopic (exact) mass is 297 g/mol. The Bertz CT molecular complexity index is 708. The Hall–Kier alpha value is -1.64. The number of nitrogens with zero attached hydrogens (tertiary/aromatic N) is 3. The summed E-state index contributed by atoms with van der Waals surface area (Å²) in [6.07, 6.45) is 1.65. The fourth-order valence-corrected chi connectivity index (χ4v) is 3.62. The summed E-state index contributed by atoms with van der Waals surface area (Å²) in [5.74, 6) is 5.77. The molecule has 0 spiro atoms. The fraction of sp³-hybridized carbons (Fsp3) is 0.417. The molecule has 2 heterocycles. The molecule has 3 N–H and O–H groups in total. The zero-order chi connectivity index (χ0) is 14.9. The lowest BCUT2D eigenvalue weighted by molar-refractivity contribution is 0.415. The van der Waals surface area contributed by atoms with E-state index in [1.807, 2.05) is 13.8 Å². The second-order valence-corrected chi connectivity index (χ2v) is 6.98. The Morgan fingerprint density at radius 1 is 1.45 bits per heavy atom. The second-order valence-electron chi connectivity index (χ2n) is 5.02. The summed E-state index contributed by atoms with van der Waals surface area (Å²) in [5.41, 5.74) is 2.89. The van der Waals surface area contributed by atoms with Gasteiger partial charge in [0, 0.05) is 19.8 Å². The molecule has 0 fully saturated rings. The molecule has 2 rings (SSSR count). The van der Waals surface area contributed by atoms with E-state index >= 15 is 0 Å². The van der Waals surface area contributed by atoms with Gasteiger partial charge in [0.05, 0.1) is 0 Å². The number of sulfonamides is 1. The van der Waals surface area contributed by atoms with Crippen molar-refractivity contribution in [3.63, 3.8) is 0 Å². The summed E-state index contributed by atoms with van der Waals surface area (Å²) in [5, 5.41) is 0.0544. The number of nitrogens with two attached hydrogens (primary N) is 1. The van der Waals surface area contributed by atoms with E-state index in [9.17, 15) is 8.42 Å². The summed E-state index contributed by atoms with van der Waals surface area (Å²) in [7, 11) is -2.12. The molecule has 7 nitrogen and oxygen atoms in total. The Labute approximate surface area is 118 Å². The summed E-state index contributed by atoms with van der Waals surface area (Å²) < 4.78 is 28.2. The highest BCUT2D eigenvalue weighted by atomic mass is 32.2. The number of aromatic nitrogens is 2. The van der Waals surface area contributed by atoms with Crippen molar-refractivity contribution in [1.82, 2.24) is 13.7 Å². The molecule has 0 aliphatic rings. The topological polar surface area (TPSA) is 92.7 Å². The van der Waals surface area contributed by atoms with Crippen LogP contribution in [0.3, 0.4) is 0 Å². The number of imidazole rings is 1. The smallest absolute Gasteiger partial charge is 0.262 e. The van der Waals surface area contributed by atoms with E-state index in [4.69, 9.17) is 5.84 Å². The van der Waals surface area contributed by atoms with Gasteiger partial charge in [-0.3, -0.25) is 4.40 Å². The van der Waals surface area contributed by atoms with Gasteiger partial charge in [0.1, 0.15) is 5.65 Å². The van der Waals surface area contributed by atoms with Crippen molar-refractivity contribution in [2.24, 2.45) is 11.8 Å². The minimum absolute atomic E-state index is 0.0544. The maximum atomic E-state index is 12.7. The molecular weight excluding hydrogens is 278 g/mol. The van der Waals surface area contributed by atoms with Crippen LogP contribution in [0.1, 0.15) is 13.8 Å². The largest absolute Gasteiger partial charge is 0.306 e. The van der Waals surface area contributed by atoms with Gasteiger partial charge in [-0.2, -0.15) is 4.31 Å². The highest BCUT2D eigenvalue weighted by Gasteiger charge is 2.29. The van der Waals surface area contributed by atoms with Crippen molar-refractivity contribution < 1.29 is 8.42 Å². The van der Waals surface area contributed by atoms with Crippen molar-refractivity contribution in [1.29, 1.82) is 0 Å². The van der Waals surface area contributed by atoms with E-state index in [1.165, 1.54) is 8.71 Å². The predicted molar refractivity (Wildman–Crippen MR) is 77.7 cm³/mol. The number of anilines is 1. The van der Waals surface area contributed by atoms with Gasteiger partial charge in [-0.25, -0.2) is 19.2 Å². The SMILES string of the molecule is CC(C)CN(C)S(=O)(=O)c1c(NN)nc2ccccn12. The van der Waals surface area contributed by atoms with Crippen molar-refractivity contribution >= 4 is 21.5 Å². The molecule has 0 unspecified atom stereocenters. The number of nitrogens with one attached hydrogen (secondary N) is 1. The number of pyridine rings is 1. The average molecular weight is 297 g/mol. The van der Waals surface area contributed by atoms with Gasteiger partial charge in [-0.15, -0.1) is 0 Å². The van der Waals surface area contributed by atoms with Gasteiger partial charge in [-0.05, 0) is 18.1 Å². The number of rotatable bonds is 5. The molecule has 0 atom stereocenters. The Morgan fingerprint density at radius 3 is 2.75 bits per heavy atom. The Morgan fingerprint density at radius 2 is 2.15 bits per heavy atom. The molecule has 8 heteroatoms. The first-order chi connectivity index (χ1) is 9.37. The Balaban J connectivity index is 2.61. The lowest BCUT2D eigenvalue weighted by atomic mass is 10.2. The Kier molecular flexibility index (Phi) is 3.98. The van der Waals surface area contributed by atoms with E-state index in [2.05, 4.69) is 10.4 Å². The molecule has 2 aromatic heterocycles. The fourth-order valence-electron chi connectivity index (χ4n) is 2.07. The molecule has 0 aliphatic heterocycles. The van der Waals surface area contributed by atoms with Gasteiger partial charge in [0.2, 0.25) is 5.03 Å². The molecule has 0 saturated heterocycles. The van der Waals surface area contributed by atoms with Gasteiger partial charge >= 0.3 is 0 Å². The van der Waals surface area contributed by atoms with Crippen LogP contribution >= 0.6 is 0 Å². The molecular formula is C12H19N5O2S. The number of hydrogen-bond acceptors (Lipinski definition) is 5. The molecule has 0 saturated carbocycles. The van der Waals surface area contributed by atoms with E-state index in [1.54, 1.807) is 31.4 Å². The third kappa shape index (κ3) is 2.49. The molecule has 0 aromatic carbocycles. The van der Waals surface area contributed by atoms with Gasteiger partial charge in [-0.1, -0.05) is 19.9 Å². The van der Waals surface area contributed by atoms with Gasteiger partial charge in [0.15, 0.2) is 5.82 Å². The van der Waals surface area contributed by atoms with Crippen LogP contribution in [-0.4, -0.2) is 35.7 Å². The first-order valence-corrected chi connectivity index (χ1v) is 7.72. The molecule has 110 valence electrons. The normalized spacial score (nSPS) is 12.5. The summed E-state index contributed by atoms with van der Waals surface area (Å²) >= 11 is 0. The van der Waals surface area contributed by atoms with Crippen LogP contribution < -0.4 is 11.3 Å². The third-order valence-corrected chi connectivity index (χ3v) is 4.75. The van der Waals surface area contributed by atoms with Crippen LogP contribution in [0, 0.1) is 5.92 Å². The quantitative estimate of drug-likeness (QED) is 0.632. The number of hydrazine groups is 1. The van der Waals surface area contributed by atoms with Crippen LogP contribution in [0.15, 0.2) is 29.4 Å². The maximum absolute atomic E-state index is 12.7. The molecule has 2 aromatic rings. The molecule has 0 aliphatic carbocycles.